The smallest absolute Gasteiger partial charge is 0.316 e. The van der Waals surface area contributed by atoms with Gasteiger partial charge in [0.15, 0.2) is 0 Å². The van der Waals surface area contributed by atoms with E-state index in [1.165, 1.54) is 31.6 Å². The topological polar surface area (TPSA) is 58.6 Å². The molecular weight excluding hydrogens is 359 g/mol. The highest BCUT2D eigenvalue weighted by Gasteiger charge is 2.30. The number of hydrogen-bond donors (Lipinski definition) is 0. The van der Waals surface area contributed by atoms with E-state index >= 15 is 0 Å². The van der Waals surface area contributed by atoms with E-state index in [1.54, 1.807) is 0 Å². The standard InChI is InChI=1S/C21H27FN4O2/c1-15(2)19-14-26(20(27)17-11-23-21(28-3)24-12-17)10-4-9-25(19)13-16-5-7-18(22)8-6-16/h5-8,11-12,15,19H,4,9-10,13-14H2,1-3H3/t19-/m0/s1. The van der Waals surface area contributed by atoms with Crippen molar-refractivity contribution in [3.05, 3.63) is 53.6 Å². The average molecular weight is 386 g/mol. The Bertz CT molecular complexity index is 780. The highest BCUT2D eigenvalue weighted by molar-refractivity contribution is 5.93. The number of aromatic nitrogens is 2. The first-order chi connectivity index (χ1) is 13.5. The number of benzene rings is 1. The number of carbonyl (C=O) groups is 1. The Hall–Kier alpha value is -2.54. The van der Waals surface area contributed by atoms with Crippen molar-refractivity contribution in [2.24, 2.45) is 5.92 Å². The molecule has 7 heteroatoms. The van der Waals surface area contributed by atoms with Crippen molar-refractivity contribution in [2.75, 3.05) is 26.7 Å². The molecule has 2 heterocycles. The van der Waals surface area contributed by atoms with Gasteiger partial charge in [0.25, 0.3) is 5.91 Å². The largest absolute Gasteiger partial charge is 0.467 e. The van der Waals surface area contributed by atoms with Crippen LogP contribution in [0.25, 0.3) is 0 Å². The summed E-state index contributed by atoms with van der Waals surface area (Å²) in [6, 6.07) is 7.12. The molecule has 1 aromatic carbocycles. The summed E-state index contributed by atoms with van der Waals surface area (Å²) >= 11 is 0. The number of methoxy groups -OCH3 is 1. The Morgan fingerprint density at radius 2 is 1.89 bits per heavy atom. The van der Waals surface area contributed by atoms with Gasteiger partial charge in [-0.2, -0.15) is 0 Å². The number of amides is 1. The minimum Gasteiger partial charge on any atom is -0.467 e. The normalized spacial score (nSPS) is 18.2. The molecule has 0 N–H and O–H groups in total. The van der Waals surface area contributed by atoms with Crippen molar-refractivity contribution in [1.29, 1.82) is 0 Å². The molecule has 6 nitrogen and oxygen atoms in total. The Morgan fingerprint density at radius 3 is 2.50 bits per heavy atom. The first kappa shape index (κ1) is 20.2. The van der Waals surface area contributed by atoms with Gasteiger partial charge in [-0.1, -0.05) is 26.0 Å². The molecule has 28 heavy (non-hydrogen) atoms. The maximum Gasteiger partial charge on any atom is 0.316 e. The fourth-order valence-corrected chi connectivity index (χ4v) is 3.62. The van der Waals surface area contributed by atoms with Crippen LogP contribution in [0.5, 0.6) is 6.01 Å². The van der Waals surface area contributed by atoms with Gasteiger partial charge in [-0.05, 0) is 30.0 Å². The van der Waals surface area contributed by atoms with Crippen molar-refractivity contribution in [1.82, 2.24) is 19.8 Å². The third-order valence-corrected chi connectivity index (χ3v) is 5.16. The van der Waals surface area contributed by atoms with E-state index in [0.717, 1.165) is 25.1 Å². The van der Waals surface area contributed by atoms with Crippen LogP contribution in [0, 0.1) is 11.7 Å². The quantitative estimate of drug-likeness (QED) is 0.791. The van der Waals surface area contributed by atoms with Gasteiger partial charge in [0, 0.05) is 44.6 Å². The zero-order valence-electron chi connectivity index (χ0n) is 16.6. The lowest BCUT2D eigenvalue weighted by Gasteiger charge is -2.34. The number of carbonyl (C=O) groups excluding carboxylic acids is 1. The van der Waals surface area contributed by atoms with E-state index in [0.29, 0.717) is 24.6 Å². The molecule has 0 aliphatic carbocycles. The molecule has 1 aliphatic heterocycles. The summed E-state index contributed by atoms with van der Waals surface area (Å²) in [7, 11) is 1.49. The lowest BCUT2D eigenvalue weighted by molar-refractivity contribution is 0.0701. The SMILES string of the molecule is COc1ncc(C(=O)N2CCCN(Cc3ccc(F)cc3)[C@H](C(C)C)C2)cn1. The Kier molecular flexibility index (Phi) is 6.57. The monoisotopic (exact) mass is 386 g/mol. The Morgan fingerprint density at radius 1 is 1.21 bits per heavy atom. The first-order valence-electron chi connectivity index (χ1n) is 9.61. The van der Waals surface area contributed by atoms with Gasteiger partial charge in [-0.25, -0.2) is 14.4 Å². The number of ether oxygens (including phenoxy) is 1. The molecule has 1 saturated heterocycles. The molecule has 1 atom stereocenters. The van der Waals surface area contributed by atoms with Crippen LogP contribution in [-0.2, 0) is 6.54 Å². The summed E-state index contributed by atoms with van der Waals surface area (Å²) < 4.78 is 18.2. The predicted octanol–water partition coefficient (Wildman–Crippen LogP) is 3.00. The van der Waals surface area contributed by atoms with Crippen LogP contribution in [0.3, 0.4) is 0 Å². The van der Waals surface area contributed by atoms with Crippen LogP contribution in [0.1, 0.15) is 36.2 Å². The molecule has 1 aliphatic rings. The maximum absolute atomic E-state index is 13.2. The lowest BCUT2D eigenvalue weighted by Crippen LogP contribution is -2.45. The summed E-state index contributed by atoms with van der Waals surface area (Å²) in [6.45, 7) is 7.32. The number of hydrogen-bond acceptors (Lipinski definition) is 5. The molecule has 1 amide bonds. The van der Waals surface area contributed by atoms with Crippen LogP contribution >= 0.6 is 0 Å². The highest BCUT2D eigenvalue weighted by Crippen LogP contribution is 2.21. The van der Waals surface area contributed by atoms with Crippen LogP contribution in [-0.4, -0.2) is 58.5 Å². The van der Waals surface area contributed by atoms with Gasteiger partial charge in [0.2, 0.25) is 0 Å². The fraction of sp³-hybridized carbons (Fsp3) is 0.476. The second-order valence-corrected chi connectivity index (χ2v) is 7.47. The van der Waals surface area contributed by atoms with Crippen molar-refractivity contribution < 1.29 is 13.9 Å². The highest BCUT2D eigenvalue weighted by atomic mass is 19.1. The van der Waals surface area contributed by atoms with Crippen molar-refractivity contribution in [3.8, 4) is 6.01 Å². The van der Waals surface area contributed by atoms with Gasteiger partial charge in [-0.3, -0.25) is 9.69 Å². The minimum absolute atomic E-state index is 0.0584. The molecule has 150 valence electrons. The Labute approximate surface area is 165 Å². The molecule has 0 radical (unpaired) electrons. The Balaban J connectivity index is 1.74. The third kappa shape index (κ3) is 4.84. The van der Waals surface area contributed by atoms with Gasteiger partial charge in [0.1, 0.15) is 5.82 Å². The summed E-state index contributed by atoms with van der Waals surface area (Å²) in [5, 5.41) is 0. The van der Waals surface area contributed by atoms with E-state index in [9.17, 15) is 9.18 Å². The van der Waals surface area contributed by atoms with Crippen LogP contribution in [0.15, 0.2) is 36.7 Å². The van der Waals surface area contributed by atoms with E-state index in [1.807, 2.05) is 17.0 Å². The molecule has 2 aromatic rings. The molecular formula is C21H27FN4O2. The second-order valence-electron chi connectivity index (χ2n) is 7.47. The van der Waals surface area contributed by atoms with Gasteiger partial charge >= 0.3 is 6.01 Å². The molecule has 1 fully saturated rings. The van der Waals surface area contributed by atoms with Crippen LogP contribution in [0.4, 0.5) is 4.39 Å². The zero-order valence-corrected chi connectivity index (χ0v) is 16.6. The summed E-state index contributed by atoms with van der Waals surface area (Å²) in [4.78, 5) is 25.3. The minimum atomic E-state index is -0.224. The van der Waals surface area contributed by atoms with Gasteiger partial charge < -0.3 is 9.64 Å². The fourth-order valence-electron chi connectivity index (χ4n) is 3.62. The average Bonchev–Trinajstić information content (AvgIpc) is 2.92. The van der Waals surface area contributed by atoms with Gasteiger partial charge in [0.05, 0.1) is 12.7 Å². The van der Waals surface area contributed by atoms with E-state index < -0.39 is 0 Å². The van der Waals surface area contributed by atoms with Gasteiger partial charge in [-0.15, -0.1) is 0 Å². The number of halogens is 1. The third-order valence-electron chi connectivity index (χ3n) is 5.16. The molecule has 0 unspecified atom stereocenters. The number of rotatable bonds is 5. The van der Waals surface area contributed by atoms with E-state index in [-0.39, 0.29) is 23.8 Å². The van der Waals surface area contributed by atoms with Crippen molar-refractivity contribution in [2.45, 2.75) is 32.9 Å². The second kappa shape index (κ2) is 9.10. The van der Waals surface area contributed by atoms with Crippen molar-refractivity contribution >= 4 is 5.91 Å². The maximum atomic E-state index is 13.2. The summed E-state index contributed by atoms with van der Waals surface area (Å²) in [5.41, 5.74) is 1.55. The van der Waals surface area contributed by atoms with Crippen molar-refractivity contribution in [3.63, 3.8) is 0 Å². The zero-order chi connectivity index (χ0) is 20.1. The summed E-state index contributed by atoms with van der Waals surface area (Å²) in [6.07, 6.45) is 3.91. The predicted molar refractivity (Wildman–Crippen MR) is 105 cm³/mol. The van der Waals surface area contributed by atoms with E-state index in [2.05, 4.69) is 28.7 Å². The van der Waals surface area contributed by atoms with Crippen LogP contribution in [0.2, 0.25) is 0 Å². The van der Waals surface area contributed by atoms with E-state index in [4.69, 9.17) is 4.74 Å². The molecule has 0 bridgehead atoms. The first-order valence-corrected chi connectivity index (χ1v) is 9.61. The molecule has 0 spiro atoms. The molecule has 0 saturated carbocycles. The van der Waals surface area contributed by atoms with Crippen LogP contribution < -0.4 is 4.74 Å². The summed E-state index contributed by atoms with van der Waals surface area (Å²) in [5.74, 6) is 0.0939. The number of nitrogens with zero attached hydrogens (tertiary/aromatic N) is 4. The molecule has 3 rings (SSSR count). The lowest BCUT2D eigenvalue weighted by atomic mass is 10.0. The molecule has 1 aromatic heterocycles.